The first-order valence-corrected chi connectivity index (χ1v) is 7.10. The number of hydrogen-bond donors (Lipinski definition) is 0. The van der Waals surface area contributed by atoms with Crippen LogP contribution in [0.1, 0.15) is 45.2 Å². The Hall–Kier alpha value is -1.59. The summed E-state index contributed by atoms with van der Waals surface area (Å²) in [4.78, 5) is 11.5. The third kappa shape index (κ3) is 2.21. The van der Waals surface area contributed by atoms with Gasteiger partial charge in [0.1, 0.15) is 5.58 Å². The molecule has 0 unspecified atom stereocenters. The van der Waals surface area contributed by atoms with Gasteiger partial charge in [-0.15, -0.1) is 0 Å². The standard InChI is InChI=1S/C16H19BO4/c1-10(18)13-9-11-7-6-8-12(14(11)19-13)17-20-15(2,3)16(4,5)21-17/h6-9H,1-5H3. The molecule has 2 heterocycles. The summed E-state index contributed by atoms with van der Waals surface area (Å²) in [6.07, 6.45) is 0. The van der Waals surface area contributed by atoms with Crippen LogP contribution in [-0.4, -0.2) is 24.1 Å². The fourth-order valence-corrected chi connectivity index (χ4v) is 2.41. The molecular weight excluding hydrogens is 267 g/mol. The number of rotatable bonds is 2. The molecule has 21 heavy (non-hydrogen) atoms. The highest BCUT2D eigenvalue weighted by Crippen LogP contribution is 2.37. The van der Waals surface area contributed by atoms with Gasteiger partial charge in [-0.1, -0.05) is 18.2 Å². The van der Waals surface area contributed by atoms with Crippen LogP contribution in [0.25, 0.3) is 11.0 Å². The topological polar surface area (TPSA) is 48.7 Å². The SMILES string of the molecule is CC(=O)c1cc2cccc(B3OC(C)(C)C(C)(C)O3)c2o1. The summed E-state index contributed by atoms with van der Waals surface area (Å²) in [5.41, 5.74) is 0.658. The molecule has 1 aromatic heterocycles. The maximum absolute atomic E-state index is 11.5. The van der Waals surface area contributed by atoms with Crippen LogP contribution >= 0.6 is 0 Å². The van der Waals surface area contributed by atoms with E-state index in [1.807, 2.05) is 45.9 Å². The molecule has 0 bridgehead atoms. The van der Waals surface area contributed by atoms with Crippen LogP contribution in [0.4, 0.5) is 0 Å². The van der Waals surface area contributed by atoms with Crippen molar-refractivity contribution in [3.05, 3.63) is 30.0 Å². The van der Waals surface area contributed by atoms with Crippen molar-refractivity contribution in [3.63, 3.8) is 0 Å². The molecule has 1 saturated heterocycles. The second kappa shape index (κ2) is 4.45. The summed E-state index contributed by atoms with van der Waals surface area (Å²) in [6.45, 7) is 9.53. The van der Waals surface area contributed by atoms with E-state index in [-0.39, 0.29) is 5.78 Å². The first kappa shape index (κ1) is 14.4. The van der Waals surface area contributed by atoms with E-state index < -0.39 is 18.3 Å². The number of carbonyl (C=O) groups is 1. The second-order valence-corrected chi connectivity index (χ2v) is 6.52. The Labute approximate surface area is 124 Å². The molecule has 0 radical (unpaired) electrons. The minimum atomic E-state index is -0.496. The number of fused-ring (bicyclic) bond motifs is 1. The fraction of sp³-hybridized carbons (Fsp3) is 0.438. The van der Waals surface area contributed by atoms with Gasteiger partial charge in [0.2, 0.25) is 0 Å². The molecule has 3 rings (SSSR count). The van der Waals surface area contributed by atoms with Gasteiger partial charge in [0.25, 0.3) is 0 Å². The van der Waals surface area contributed by atoms with E-state index in [9.17, 15) is 4.79 Å². The molecule has 0 N–H and O–H groups in total. The van der Waals surface area contributed by atoms with Gasteiger partial charge in [-0.25, -0.2) is 0 Å². The number of para-hydroxylation sites is 1. The highest BCUT2D eigenvalue weighted by molar-refractivity contribution is 6.64. The molecule has 2 aromatic rings. The monoisotopic (exact) mass is 286 g/mol. The minimum Gasteiger partial charge on any atom is -0.453 e. The van der Waals surface area contributed by atoms with Gasteiger partial charge in [0.15, 0.2) is 11.5 Å². The smallest absolute Gasteiger partial charge is 0.453 e. The number of Topliss-reactive ketones (excluding diaryl/α,β-unsaturated/α-hetero) is 1. The molecule has 0 atom stereocenters. The van der Waals surface area contributed by atoms with E-state index in [1.54, 1.807) is 6.07 Å². The summed E-state index contributed by atoms with van der Waals surface area (Å²) in [5.74, 6) is 0.264. The zero-order valence-electron chi connectivity index (χ0n) is 13.0. The van der Waals surface area contributed by atoms with Gasteiger partial charge in [0, 0.05) is 17.8 Å². The van der Waals surface area contributed by atoms with Gasteiger partial charge in [-0.2, -0.15) is 0 Å². The molecule has 110 valence electrons. The molecule has 1 aliphatic rings. The maximum atomic E-state index is 11.5. The van der Waals surface area contributed by atoms with Crippen molar-refractivity contribution in [2.75, 3.05) is 0 Å². The molecule has 0 saturated carbocycles. The number of carbonyl (C=O) groups excluding carboxylic acids is 1. The summed E-state index contributed by atoms with van der Waals surface area (Å²) < 4.78 is 17.8. The van der Waals surface area contributed by atoms with Crippen molar-refractivity contribution in [1.29, 1.82) is 0 Å². The predicted molar refractivity (Wildman–Crippen MR) is 81.9 cm³/mol. The summed E-state index contributed by atoms with van der Waals surface area (Å²) in [5, 5.41) is 0.882. The number of ketones is 1. The van der Waals surface area contributed by atoms with Crippen molar-refractivity contribution in [3.8, 4) is 0 Å². The Morgan fingerprint density at radius 1 is 1.10 bits per heavy atom. The van der Waals surface area contributed by atoms with Crippen LogP contribution in [0.5, 0.6) is 0 Å². The average molecular weight is 286 g/mol. The Kier molecular flexibility index (Phi) is 3.04. The predicted octanol–water partition coefficient (Wildman–Crippen LogP) is 2.93. The molecule has 1 aromatic carbocycles. The first-order valence-electron chi connectivity index (χ1n) is 7.10. The average Bonchev–Trinajstić information content (AvgIpc) is 2.88. The van der Waals surface area contributed by atoms with Crippen LogP contribution < -0.4 is 5.46 Å². The van der Waals surface area contributed by atoms with Crippen molar-refractivity contribution in [2.45, 2.75) is 45.8 Å². The van der Waals surface area contributed by atoms with E-state index in [2.05, 4.69) is 0 Å². The molecule has 0 amide bonds. The molecule has 0 aliphatic carbocycles. The van der Waals surface area contributed by atoms with Crippen molar-refractivity contribution >= 4 is 29.3 Å². The molecule has 1 fully saturated rings. The Balaban J connectivity index is 2.08. The fourth-order valence-electron chi connectivity index (χ4n) is 2.41. The molecule has 4 nitrogen and oxygen atoms in total. The van der Waals surface area contributed by atoms with Crippen molar-refractivity contribution in [1.82, 2.24) is 0 Å². The highest BCUT2D eigenvalue weighted by atomic mass is 16.7. The van der Waals surface area contributed by atoms with Crippen molar-refractivity contribution in [2.24, 2.45) is 0 Å². The van der Waals surface area contributed by atoms with Crippen LogP contribution in [0.2, 0.25) is 0 Å². The van der Waals surface area contributed by atoms with E-state index in [0.717, 1.165) is 10.8 Å². The van der Waals surface area contributed by atoms with Crippen molar-refractivity contribution < 1.29 is 18.5 Å². The lowest BCUT2D eigenvalue weighted by molar-refractivity contribution is 0.00578. The van der Waals surface area contributed by atoms with Gasteiger partial charge in [-0.3, -0.25) is 4.79 Å². The van der Waals surface area contributed by atoms with E-state index in [1.165, 1.54) is 6.92 Å². The third-order valence-corrected chi connectivity index (χ3v) is 4.43. The lowest BCUT2D eigenvalue weighted by Gasteiger charge is -2.32. The highest BCUT2D eigenvalue weighted by Gasteiger charge is 2.52. The largest absolute Gasteiger partial charge is 0.498 e. The van der Waals surface area contributed by atoms with Gasteiger partial charge in [-0.05, 0) is 33.8 Å². The van der Waals surface area contributed by atoms with Gasteiger partial charge in [0.05, 0.1) is 11.2 Å². The van der Waals surface area contributed by atoms with Gasteiger partial charge >= 0.3 is 7.12 Å². The number of hydrogen-bond acceptors (Lipinski definition) is 4. The molecule has 0 spiro atoms. The summed E-state index contributed by atoms with van der Waals surface area (Å²) in [6, 6.07) is 7.51. The number of furan rings is 1. The summed E-state index contributed by atoms with van der Waals surface area (Å²) in [7, 11) is -0.496. The summed E-state index contributed by atoms with van der Waals surface area (Å²) >= 11 is 0. The van der Waals surface area contributed by atoms with E-state index >= 15 is 0 Å². The van der Waals surface area contributed by atoms with Gasteiger partial charge < -0.3 is 13.7 Å². The Morgan fingerprint density at radius 3 is 2.29 bits per heavy atom. The first-order chi connectivity index (χ1) is 9.71. The minimum absolute atomic E-state index is 0.0916. The van der Waals surface area contributed by atoms with E-state index in [4.69, 9.17) is 13.7 Å². The number of benzene rings is 1. The Morgan fingerprint density at radius 2 is 1.71 bits per heavy atom. The molecular formula is C16H19BO4. The third-order valence-electron chi connectivity index (χ3n) is 4.43. The zero-order valence-corrected chi connectivity index (χ0v) is 13.0. The van der Waals surface area contributed by atoms with Crippen LogP contribution in [0, 0.1) is 0 Å². The Bertz CT molecular complexity index is 698. The second-order valence-electron chi connectivity index (χ2n) is 6.52. The lowest BCUT2D eigenvalue weighted by atomic mass is 9.78. The lowest BCUT2D eigenvalue weighted by Crippen LogP contribution is -2.41. The quantitative estimate of drug-likeness (QED) is 0.629. The van der Waals surface area contributed by atoms with Crippen LogP contribution in [0.15, 0.2) is 28.7 Å². The molecule has 5 heteroatoms. The molecule has 1 aliphatic heterocycles. The maximum Gasteiger partial charge on any atom is 0.498 e. The van der Waals surface area contributed by atoms with Crippen LogP contribution in [-0.2, 0) is 9.31 Å². The van der Waals surface area contributed by atoms with E-state index in [0.29, 0.717) is 11.3 Å². The van der Waals surface area contributed by atoms with Crippen LogP contribution in [0.3, 0.4) is 0 Å². The normalized spacial score (nSPS) is 20.1. The zero-order chi connectivity index (χ0) is 15.4.